The normalized spacial score (nSPS) is 13.8. The van der Waals surface area contributed by atoms with Gasteiger partial charge in [-0.05, 0) is 42.5 Å². The Hall–Kier alpha value is -3.04. The molecule has 0 bridgehead atoms. The van der Waals surface area contributed by atoms with E-state index in [-0.39, 0.29) is 18.4 Å². The van der Waals surface area contributed by atoms with Crippen molar-refractivity contribution in [1.29, 1.82) is 5.26 Å². The standard InChI is InChI=1S/C18H15ClN4O2/c19-15-9-14(5-6-16(15)23-8-7-21-17(24)11-23)22-18(25)13-3-1-12(10-20)2-4-13/h1-6,9H,7-8,11H2,(H,21,24)(H,22,25). The molecule has 0 radical (unpaired) electrons. The van der Waals surface area contributed by atoms with Gasteiger partial charge in [-0.25, -0.2) is 0 Å². The Morgan fingerprint density at radius 2 is 2.00 bits per heavy atom. The van der Waals surface area contributed by atoms with Crippen molar-refractivity contribution in [3.63, 3.8) is 0 Å². The number of anilines is 2. The molecule has 2 amide bonds. The second-order valence-electron chi connectivity index (χ2n) is 5.58. The molecule has 0 aromatic heterocycles. The van der Waals surface area contributed by atoms with Gasteiger partial charge in [0.25, 0.3) is 5.91 Å². The van der Waals surface area contributed by atoms with Gasteiger partial charge in [-0.2, -0.15) is 5.26 Å². The van der Waals surface area contributed by atoms with Gasteiger partial charge in [-0.1, -0.05) is 11.6 Å². The summed E-state index contributed by atoms with van der Waals surface area (Å²) in [6.45, 7) is 1.52. The summed E-state index contributed by atoms with van der Waals surface area (Å²) in [5, 5.41) is 14.8. The molecule has 0 atom stereocenters. The number of hydrogen-bond acceptors (Lipinski definition) is 4. The van der Waals surface area contributed by atoms with Crippen LogP contribution in [0.3, 0.4) is 0 Å². The Kier molecular flexibility index (Phi) is 4.87. The van der Waals surface area contributed by atoms with Gasteiger partial charge in [0, 0.05) is 24.3 Å². The first-order valence-electron chi connectivity index (χ1n) is 7.69. The highest BCUT2D eigenvalue weighted by molar-refractivity contribution is 6.33. The predicted octanol–water partition coefficient (Wildman–Crippen LogP) is 2.40. The SMILES string of the molecule is N#Cc1ccc(C(=O)Nc2ccc(N3CCNC(=O)C3)c(Cl)c2)cc1. The average molecular weight is 355 g/mol. The first kappa shape index (κ1) is 16.8. The summed E-state index contributed by atoms with van der Waals surface area (Å²) in [4.78, 5) is 25.7. The van der Waals surface area contributed by atoms with Crippen molar-refractivity contribution in [3.8, 4) is 6.07 Å². The topological polar surface area (TPSA) is 85.2 Å². The molecule has 25 heavy (non-hydrogen) atoms. The van der Waals surface area contributed by atoms with Crippen LogP contribution in [-0.4, -0.2) is 31.4 Å². The first-order chi connectivity index (χ1) is 12.1. The molecule has 2 aromatic carbocycles. The lowest BCUT2D eigenvalue weighted by molar-refractivity contribution is -0.120. The third-order valence-electron chi connectivity index (χ3n) is 3.86. The van der Waals surface area contributed by atoms with E-state index in [4.69, 9.17) is 16.9 Å². The van der Waals surface area contributed by atoms with Crippen LogP contribution < -0.4 is 15.5 Å². The zero-order valence-corrected chi connectivity index (χ0v) is 14.0. The zero-order valence-electron chi connectivity index (χ0n) is 13.3. The minimum atomic E-state index is -0.286. The van der Waals surface area contributed by atoms with Crippen LogP contribution in [0.4, 0.5) is 11.4 Å². The molecule has 1 saturated heterocycles. The van der Waals surface area contributed by atoms with Crippen molar-refractivity contribution in [2.24, 2.45) is 0 Å². The molecule has 2 N–H and O–H groups in total. The van der Waals surface area contributed by atoms with Gasteiger partial charge in [-0.3, -0.25) is 9.59 Å². The Labute approximate surface area is 150 Å². The van der Waals surface area contributed by atoms with Crippen LogP contribution in [0.5, 0.6) is 0 Å². The van der Waals surface area contributed by atoms with Crippen LogP contribution in [0.15, 0.2) is 42.5 Å². The Morgan fingerprint density at radius 3 is 2.64 bits per heavy atom. The molecule has 7 heteroatoms. The van der Waals surface area contributed by atoms with Crippen molar-refractivity contribution in [2.45, 2.75) is 0 Å². The number of nitrogens with one attached hydrogen (secondary N) is 2. The minimum absolute atomic E-state index is 0.0412. The van der Waals surface area contributed by atoms with Crippen molar-refractivity contribution in [2.75, 3.05) is 29.9 Å². The van der Waals surface area contributed by atoms with E-state index in [1.807, 2.05) is 11.0 Å². The number of nitriles is 1. The highest BCUT2D eigenvalue weighted by atomic mass is 35.5. The maximum atomic E-state index is 12.3. The van der Waals surface area contributed by atoms with Crippen molar-refractivity contribution in [3.05, 3.63) is 58.6 Å². The molecular weight excluding hydrogens is 340 g/mol. The number of benzene rings is 2. The number of amides is 2. The van der Waals surface area contributed by atoms with Crippen LogP contribution in [0, 0.1) is 11.3 Å². The fraction of sp³-hybridized carbons (Fsp3) is 0.167. The molecule has 1 aliphatic heterocycles. The van der Waals surface area contributed by atoms with E-state index < -0.39 is 0 Å². The average Bonchev–Trinajstić information content (AvgIpc) is 2.62. The Balaban J connectivity index is 1.73. The van der Waals surface area contributed by atoms with E-state index in [0.29, 0.717) is 34.9 Å². The monoisotopic (exact) mass is 354 g/mol. The molecule has 1 fully saturated rings. The largest absolute Gasteiger partial charge is 0.359 e. The highest BCUT2D eigenvalue weighted by Crippen LogP contribution is 2.29. The molecule has 0 aliphatic carbocycles. The van der Waals surface area contributed by atoms with E-state index in [9.17, 15) is 9.59 Å². The molecule has 0 unspecified atom stereocenters. The lowest BCUT2D eigenvalue weighted by atomic mass is 10.1. The molecule has 126 valence electrons. The lowest BCUT2D eigenvalue weighted by Crippen LogP contribution is -2.47. The summed E-state index contributed by atoms with van der Waals surface area (Å²) in [6, 6.07) is 13.6. The van der Waals surface area contributed by atoms with E-state index in [0.717, 1.165) is 5.69 Å². The number of rotatable bonds is 3. The Bertz CT molecular complexity index is 858. The molecular formula is C18H15ClN4O2. The van der Waals surface area contributed by atoms with Crippen LogP contribution in [0.1, 0.15) is 15.9 Å². The van der Waals surface area contributed by atoms with Crippen molar-refractivity contribution < 1.29 is 9.59 Å². The summed E-state index contributed by atoms with van der Waals surface area (Å²) in [5.41, 5.74) is 2.26. The van der Waals surface area contributed by atoms with Crippen LogP contribution in [0.25, 0.3) is 0 Å². The number of piperazine rings is 1. The molecule has 0 saturated carbocycles. The van der Waals surface area contributed by atoms with Gasteiger partial charge in [0.2, 0.25) is 5.91 Å². The van der Waals surface area contributed by atoms with E-state index in [1.165, 1.54) is 0 Å². The maximum absolute atomic E-state index is 12.3. The lowest BCUT2D eigenvalue weighted by Gasteiger charge is -2.29. The van der Waals surface area contributed by atoms with Gasteiger partial charge in [0.05, 0.1) is 28.9 Å². The van der Waals surface area contributed by atoms with Crippen LogP contribution in [0.2, 0.25) is 5.02 Å². The van der Waals surface area contributed by atoms with Gasteiger partial charge >= 0.3 is 0 Å². The molecule has 0 spiro atoms. The number of halogens is 1. The van der Waals surface area contributed by atoms with Gasteiger partial charge < -0.3 is 15.5 Å². The molecule has 1 heterocycles. The van der Waals surface area contributed by atoms with Crippen LogP contribution >= 0.6 is 11.6 Å². The maximum Gasteiger partial charge on any atom is 0.255 e. The minimum Gasteiger partial charge on any atom is -0.359 e. The van der Waals surface area contributed by atoms with Gasteiger partial charge in [0.15, 0.2) is 0 Å². The number of carbonyl (C=O) groups is 2. The number of hydrogen-bond donors (Lipinski definition) is 2. The second-order valence-corrected chi connectivity index (χ2v) is 5.99. The number of nitrogens with zero attached hydrogens (tertiary/aromatic N) is 2. The van der Waals surface area contributed by atoms with Crippen molar-refractivity contribution in [1.82, 2.24) is 5.32 Å². The zero-order chi connectivity index (χ0) is 17.8. The molecule has 2 aromatic rings. The molecule has 1 aliphatic rings. The summed E-state index contributed by atoms with van der Waals surface area (Å²) in [7, 11) is 0. The quantitative estimate of drug-likeness (QED) is 0.886. The fourth-order valence-electron chi connectivity index (χ4n) is 2.58. The van der Waals surface area contributed by atoms with E-state index >= 15 is 0 Å². The van der Waals surface area contributed by atoms with E-state index in [1.54, 1.807) is 42.5 Å². The summed E-state index contributed by atoms with van der Waals surface area (Å²) in [6.07, 6.45) is 0. The van der Waals surface area contributed by atoms with Crippen molar-refractivity contribution >= 4 is 34.8 Å². The van der Waals surface area contributed by atoms with Gasteiger partial charge in [0.1, 0.15) is 0 Å². The first-order valence-corrected chi connectivity index (χ1v) is 8.07. The smallest absolute Gasteiger partial charge is 0.255 e. The molecule has 6 nitrogen and oxygen atoms in total. The Morgan fingerprint density at radius 1 is 1.24 bits per heavy atom. The number of carbonyl (C=O) groups excluding carboxylic acids is 2. The van der Waals surface area contributed by atoms with Crippen LogP contribution in [-0.2, 0) is 4.79 Å². The second kappa shape index (κ2) is 7.24. The summed E-state index contributed by atoms with van der Waals surface area (Å²) >= 11 is 6.32. The van der Waals surface area contributed by atoms with E-state index in [2.05, 4.69) is 10.6 Å². The fourth-order valence-corrected chi connectivity index (χ4v) is 2.88. The summed E-state index contributed by atoms with van der Waals surface area (Å²) < 4.78 is 0. The highest BCUT2D eigenvalue weighted by Gasteiger charge is 2.19. The predicted molar refractivity (Wildman–Crippen MR) is 95.8 cm³/mol. The third-order valence-corrected chi connectivity index (χ3v) is 4.16. The van der Waals surface area contributed by atoms with Gasteiger partial charge in [-0.15, -0.1) is 0 Å². The third kappa shape index (κ3) is 3.90. The summed E-state index contributed by atoms with van der Waals surface area (Å²) in [5.74, 6) is -0.328. The molecule has 3 rings (SSSR count).